The molecule has 0 bridgehead atoms. The molecule has 2 N–H and O–H groups in total. The summed E-state index contributed by atoms with van der Waals surface area (Å²) in [6.45, 7) is 5.78. The van der Waals surface area contributed by atoms with Crippen molar-refractivity contribution < 1.29 is 13.2 Å². The average molecular weight is 310 g/mol. The number of alkyl halides is 3. The van der Waals surface area contributed by atoms with Crippen LogP contribution in [0.2, 0.25) is 0 Å². The van der Waals surface area contributed by atoms with Gasteiger partial charge in [-0.3, -0.25) is 0 Å². The zero-order valence-corrected chi connectivity index (χ0v) is 12.5. The van der Waals surface area contributed by atoms with Crippen LogP contribution >= 0.6 is 0 Å². The maximum absolute atomic E-state index is 12.7. The van der Waals surface area contributed by atoms with Crippen molar-refractivity contribution in [2.75, 3.05) is 19.4 Å². The molecule has 118 valence electrons. The van der Waals surface area contributed by atoms with Gasteiger partial charge >= 0.3 is 6.18 Å². The van der Waals surface area contributed by atoms with Crippen molar-refractivity contribution in [3.8, 4) is 5.69 Å². The lowest BCUT2D eigenvalue weighted by molar-refractivity contribution is -0.141. The number of nitrogens with zero attached hydrogens (tertiary/aromatic N) is 2. The monoisotopic (exact) mass is 310 g/mol. The third-order valence-electron chi connectivity index (χ3n) is 3.34. The van der Waals surface area contributed by atoms with Crippen LogP contribution in [0.4, 0.5) is 18.9 Å². The minimum atomic E-state index is -4.46. The molecular formula is C15H17F3N4. The van der Waals surface area contributed by atoms with Crippen LogP contribution in [0.3, 0.4) is 0 Å². The lowest BCUT2D eigenvalue weighted by Crippen LogP contribution is -2.10. The van der Waals surface area contributed by atoms with Gasteiger partial charge < -0.3 is 10.6 Å². The third kappa shape index (κ3) is 2.93. The van der Waals surface area contributed by atoms with Crippen LogP contribution in [-0.2, 0) is 6.18 Å². The number of nitrogens with one attached hydrogen (secondary N) is 2. The van der Waals surface area contributed by atoms with Crippen LogP contribution in [0.15, 0.2) is 31.0 Å². The van der Waals surface area contributed by atoms with Gasteiger partial charge in [0.05, 0.1) is 5.69 Å². The van der Waals surface area contributed by atoms with Gasteiger partial charge in [0.25, 0.3) is 0 Å². The Morgan fingerprint density at radius 3 is 2.45 bits per heavy atom. The standard InChI is InChI=1S/C15H17F3N4/c1-9-7-11(8-12(10(2)19-3)14(9)20-4)22-6-5-13(21-22)15(16,17)18/h5-8,19-20H,2H2,1,3-4H3. The molecule has 0 fully saturated rings. The van der Waals surface area contributed by atoms with E-state index in [-0.39, 0.29) is 0 Å². The molecule has 0 unspecified atom stereocenters. The number of halogens is 3. The molecule has 0 atom stereocenters. The Morgan fingerprint density at radius 2 is 1.95 bits per heavy atom. The number of anilines is 1. The number of rotatable bonds is 4. The second-order valence-corrected chi connectivity index (χ2v) is 4.81. The molecular weight excluding hydrogens is 293 g/mol. The second-order valence-electron chi connectivity index (χ2n) is 4.81. The number of hydrogen-bond donors (Lipinski definition) is 2. The third-order valence-corrected chi connectivity index (χ3v) is 3.34. The minimum Gasteiger partial charge on any atom is -0.388 e. The molecule has 1 aromatic carbocycles. The summed E-state index contributed by atoms with van der Waals surface area (Å²) in [5, 5.41) is 9.62. The fourth-order valence-corrected chi connectivity index (χ4v) is 2.22. The molecule has 2 aromatic rings. The Balaban J connectivity index is 2.55. The summed E-state index contributed by atoms with van der Waals surface area (Å²) < 4.78 is 39.2. The zero-order valence-electron chi connectivity index (χ0n) is 12.5. The Labute approximate surface area is 126 Å². The number of aromatic nitrogens is 2. The van der Waals surface area contributed by atoms with Gasteiger partial charge in [0.2, 0.25) is 0 Å². The highest BCUT2D eigenvalue weighted by Crippen LogP contribution is 2.30. The van der Waals surface area contributed by atoms with E-state index in [0.29, 0.717) is 11.4 Å². The molecule has 0 spiro atoms. The van der Waals surface area contributed by atoms with Gasteiger partial charge in [0, 0.05) is 37.2 Å². The first-order valence-corrected chi connectivity index (χ1v) is 6.60. The van der Waals surface area contributed by atoms with Crippen LogP contribution in [0.5, 0.6) is 0 Å². The normalized spacial score (nSPS) is 11.4. The fraction of sp³-hybridized carbons (Fsp3) is 0.267. The van der Waals surface area contributed by atoms with E-state index in [2.05, 4.69) is 22.3 Å². The first-order valence-electron chi connectivity index (χ1n) is 6.60. The van der Waals surface area contributed by atoms with Gasteiger partial charge in [-0.25, -0.2) is 4.68 Å². The molecule has 1 heterocycles. The molecule has 0 saturated heterocycles. The fourth-order valence-electron chi connectivity index (χ4n) is 2.22. The summed E-state index contributed by atoms with van der Waals surface area (Å²) in [7, 11) is 3.52. The van der Waals surface area contributed by atoms with E-state index in [1.54, 1.807) is 26.2 Å². The second kappa shape index (κ2) is 5.75. The molecule has 0 saturated carbocycles. The predicted octanol–water partition coefficient (Wildman–Crippen LogP) is 3.43. The topological polar surface area (TPSA) is 41.9 Å². The molecule has 22 heavy (non-hydrogen) atoms. The van der Waals surface area contributed by atoms with Crippen molar-refractivity contribution in [3.05, 3.63) is 47.8 Å². The van der Waals surface area contributed by atoms with Crippen LogP contribution in [0.25, 0.3) is 11.4 Å². The summed E-state index contributed by atoms with van der Waals surface area (Å²) >= 11 is 0. The van der Waals surface area contributed by atoms with E-state index in [0.717, 1.165) is 22.9 Å². The van der Waals surface area contributed by atoms with E-state index in [4.69, 9.17) is 0 Å². The summed E-state index contributed by atoms with van der Waals surface area (Å²) in [5.41, 5.74) is 2.82. The van der Waals surface area contributed by atoms with Crippen molar-refractivity contribution in [1.82, 2.24) is 15.1 Å². The predicted molar refractivity (Wildman–Crippen MR) is 80.9 cm³/mol. The average Bonchev–Trinajstić information content (AvgIpc) is 2.95. The first kappa shape index (κ1) is 15.9. The largest absolute Gasteiger partial charge is 0.435 e. The highest BCUT2D eigenvalue weighted by molar-refractivity contribution is 5.78. The SMILES string of the molecule is C=C(NC)c1cc(-n2ccc(C(F)(F)F)n2)cc(C)c1NC. The van der Waals surface area contributed by atoms with Crippen molar-refractivity contribution >= 4 is 11.4 Å². The Kier molecular flexibility index (Phi) is 4.16. The lowest BCUT2D eigenvalue weighted by Gasteiger charge is -2.16. The lowest BCUT2D eigenvalue weighted by atomic mass is 10.0. The molecule has 0 aliphatic heterocycles. The van der Waals surface area contributed by atoms with Crippen LogP contribution in [-0.4, -0.2) is 23.9 Å². The maximum Gasteiger partial charge on any atom is 0.435 e. The molecule has 0 radical (unpaired) electrons. The van der Waals surface area contributed by atoms with E-state index in [1.807, 2.05) is 6.92 Å². The van der Waals surface area contributed by atoms with Gasteiger partial charge in [-0.2, -0.15) is 18.3 Å². The van der Waals surface area contributed by atoms with Gasteiger partial charge in [0.1, 0.15) is 0 Å². The summed E-state index contributed by atoms with van der Waals surface area (Å²) in [4.78, 5) is 0. The van der Waals surface area contributed by atoms with Gasteiger partial charge in [-0.05, 0) is 30.7 Å². The van der Waals surface area contributed by atoms with Gasteiger partial charge in [-0.15, -0.1) is 0 Å². The molecule has 7 heteroatoms. The quantitative estimate of drug-likeness (QED) is 0.909. The summed E-state index contributed by atoms with van der Waals surface area (Å²) in [6, 6.07) is 4.46. The molecule has 4 nitrogen and oxygen atoms in total. The smallest absolute Gasteiger partial charge is 0.388 e. The highest BCUT2D eigenvalue weighted by atomic mass is 19.4. The van der Waals surface area contributed by atoms with Crippen LogP contribution < -0.4 is 10.6 Å². The number of hydrogen-bond acceptors (Lipinski definition) is 3. The Morgan fingerprint density at radius 1 is 1.27 bits per heavy atom. The Hall–Kier alpha value is -2.44. The Bertz CT molecular complexity index is 701. The van der Waals surface area contributed by atoms with Crippen molar-refractivity contribution in [1.29, 1.82) is 0 Å². The molecule has 0 aliphatic carbocycles. The van der Waals surface area contributed by atoms with Gasteiger partial charge in [-0.1, -0.05) is 6.58 Å². The summed E-state index contributed by atoms with van der Waals surface area (Å²) in [6.07, 6.45) is -3.16. The molecule has 0 amide bonds. The van der Waals surface area contributed by atoms with Crippen molar-refractivity contribution in [3.63, 3.8) is 0 Å². The molecule has 0 aliphatic rings. The highest BCUT2D eigenvalue weighted by Gasteiger charge is 2.33. The van der Waals surface area contributed by atoms with Crippen molar-refractivity contribution in [2.45, 2.75) is 13.1 Å². The first-order chi connectivity index (χ1) is 10.3. The molecule has 2 rings (SSSR count). The number of benzene rings is 1. The maximum atomic E-state index is 12.7. The van der Waals surface area contributed by atoms with Gasteiger partial charge in [0.15, 0.2) is 5.69 Å². The summed E-state index contributed by atoms with van der Waals surface area (Å²) in [5.74, 6) is 0. The van der Waals surface area contributed by atoms with E-state index < -0.39 is 11.9 Å². The van der Waals surface area contributed by atoms with Crippen molar-refractivity contribution in [2.24, 2.45) is 0 Å². The van der Waals surface area contributed by atoms with E-state index in [1.165, 1.54) is 10.9 Å². The van der Waals surface area contributed by atoms with E-state index in [9.17, 15) is 13.2 Å². The van der Waals surface area contributed by atoms with Crippen LogP contribution in [0, 0.1) is 6.92 Å². The van der Waals surface area contributed by atoms with Crippen LogP contribution in [0.1, 0.15) is 16.8 Å². The zero-order chi connectivity index (χ0) is 16.5. The minimum absolute atomic E-state index is 0.540. The van der Waals surface area contributed by atoms with E-state index >= 15 is 0 Å². The molecule has 1 aromatic heterocycles. The number of aryl methyl sites for hydroxylation is 1.